The van der Waals surface area contributed by atoms with Crippen LogP contribution in [0.1, 0.15) is 33.2 Å². The molecule has 3 aromatic carbocycles. The molecule has 5 nitrogen and oxygen atoms in total. The normalized spacial score (nSPS) is 10.4. The number of primary amides is 1. The first-order valence-corrected chi connectivity index (χ1v) is 9.55. The number of hydrogen-bond donors (Lipinski definition) is 1. The van der Waals surface area contributed by atoms with Crippen molar-refractivity contribution in [3.05, 3.63) is 94.5 Å². The zero-order chi connectivity index (χ0) is 20.8. The molecule has 0 saturated carbocycles. The van der Waals surface area contributed by atoms with Gasteiger partial charge in [-0.05, 0) is 73.2 Å². The van der Waals surface area contributed by atoms with E-state index in [1.54, 1.807) is 53.4 Å². The first-order chi connectivity index (χ1) is 14.0. The summed E-state index contributed by atoms with van der Waals surface area (Å²) in [6, 6.07) is 21.0. The van der Waals surface area contributed by atoms with Gasteiger partial charge >= 0.3 is 0 Å². The zero-order valence-electron chi connectivity index (χ0n) is 16.0. The average Bonchev–Trinajstić information content (AvgIpc) is 2.72. The van der Waals surface area contributed by atoms with Gasteiger partial charge in [-0.2, -0.15) is 0 Å². The Morgan fingerprint density at radius 2 is 1.52 bits per heavy atom. The van der Waals surface area contributed by atoms with Crippen LogP contribution in [0.25, 0.3) is 0 Å². The maximum absolute atomic E-state index is 12.8. The third-order valence-electron chi connectivity index (χ3n) is 4.41. The summed E-state index contributed by atoms with van der Waals surface area (Å²) in [4.78, 5) is 25.7. The fourth-order valence-electron chi connectivity index (χ4n) is 2.85. The monoisotopic (exact) mass is 408 g/mol. The van der Waals surface area contributed by atoms with Crippen molar-refractivity contribution >= 4 is 23.4 Å². The smallest absolute Gasteiger partial charge is 0.254 e. The molecule has 0 atom stereocenters. The van der Waals surface area contributed by atoms with Crippen molar-refractivity contribution in [1.29, 1.82) is 0 Å². The lowest BCUT2D eigenvalue weighted by atomic mass is 10.1. The van der Waals surface area contributed by atoms with E-state index in [0.29, 0.717) is 40.7 Å². The molecule has 0 aromatic heterocycles. The molecule has 0 unspecified atom stereocenters. The highest BCUT2D eigenvalue weighted by atomic mass is 35.5. The molecular formula is C23H21ClN2O3. The highest BCUT2D eigenvalue weighted by Crippen LogP contribution is 2.23. The summed E-state index contributed by atoms with van der Waals surface area (Å²) in [5.41, 5.74) is 7.20. The van der Waals surface area contributed by atoms with E-state index in [4.69, 9.17) is 22.1 Å². The van der Waals surface area contributed by atoms with E-state index < -0.39 is 5.91 Å². The fraction of sp³-hybridized carbons (Fsp3) is 0.130. The lowest BCUT2D eigenvalue weighted by Gasteiger charge is -2.21. The van der Waals surface area contributed by atoms with Gasteiger partial charge in [-0.1, -0.05) is 23.7 Å². The summed E-state index contributed by atoms with van der Waals surface area (Å²) in [6.45, 7) is 3.01. The van der Waals surface area contributed by atoms with Crippen LogP contribution in [0, 0.1) is 0 Å². The lowest BCUT2D eigenvalue weighted by Crippen LogP contribution is -2.30. The molecule has 0 aliphatic rings. The number of nitrogens with zero attached hydrogens (tertiary/aromatic N) is 1. The summed E-state index contributed by atoms with van der Waals surface area (Å²) in [5, 5.41) is 0.649. The quantitative estimate of drug-likeness (QED) is 0.604. The molecule has 0 radical (unpaired) electrons. The van der Waals surface area contributed by atoms with Crippen LogP contribution in [-0.4, -0.2) is 23.3 Å². The Kier molecular flexibility index (Phi) is 6.52. The second kappa shape index (κ2) is 9.26. The van der Waals surface area contributed by atoms with Gasteiger partial charge in [0, 0.05) is 29.2 Å². The van der Waals surface area contributed by atoms with Crippen LogP contribution in [0.5, 0.6) is 11.5 Å². The maximum Gasteiger partial charge on any atom is 0.254 e. The minimum absolute atomic E-state index is 0.0650. The van der Waals surface area contributed by atoms with Gasteiger partial charge in [0.25, 0.3) is 5.91 Å². The topological polar surface area (TPSA) is 72.6 Å². The molecule has 0 saturated heterocycles. The SMILES string of the molecule is CCN(Cc1cccc(Cl)c1)C(=O)c1ccc(Oc2ccc(C(N)=O)cc2)cc1. The number of halogens is 1. The largest absolute Gasteiger partial charge is 0.457 e. The minimum atomic E-state index is -0.488. The van der Waals surface area contributed by atoms with E-state index in [1.807, 2.05) is 31.2 Å². The van der Waals surface area contributed by atoms with Gasteiger partial charge in [0.05, 0.1) is 0 Å². The standard InChI is InChI=1S/C23H21ClN2O3/c1-2-26(15-16-4-3-5-19(24)14-16)23(28)18-8-12-21(13-9-18)29-20-10-6-17(7-11-20)22(25)27/h3-14H,2,15H2,1H3,(H2,25,27). The van der Waals surface area contributed by atoms with Gasteiger partial charge in [0.2, 0.25) is 5.91 Å². The fourth-order valence-corrected chi connectivity index (χ4v) is 3.07. The molecule has 0 spiro atoms. The molecule has 0 heterocycles. The van der Waals surface area contributed by atoms with Gasteiger partial charge in [-0.3, -0.25) is 9.59 Å². The molecular weight excluding hydrogens is 388 g/mol. The van der Waals surface area contributed by atoms with Crippen LogP contribution in [0.3, 0.4) is 0 Å². The minimum Gasteiger partial charge on any atom is -0.457 e. The first-order valence-electron chi connectivity index (χ1n) is 9.17. The Labute approximate surface area is 174 Å². The maximum atomic E-state index is 12.8. The molecule has 148 valence electrons. The van der Waals surface area contributed by atoms with E-state index in [9.17, 15) is 9.59 Å². The highest BCUT2D eigenvalue weighted by Gasteiger charge is 2.15. The molecule has 2 amide bonds. The van der Waals surface area contributed by atoms with E-state index in [-0.39, 0.29) is 5.91 Å². The number of carbonyl (C=O) groups excluding carboxylic acids is 2. The van der Waals surface area contributed by atoms with Crippen molar-refractivity contribution in [2.45, 2.75) is 13.5 Å². The number of ether oxygens (including phenoxy) is 1. The van der Waals surface area contributed by atoms with Gasteiger partial charge in [0.1, 0.15) is 11.5 Å². The van der Waals surface area contributed by atoms with Crippen LogP contribution < -0.4 is 10.5 Å². The number of amides is 2. The van der Waals surface area contributed by atoms with Crippen LogP contribution in [0.15, 0.2) is 72.8 Å². The molecule has 29 heavy (non-hydrogen) atoms. The molecule has 0 fully saturated rings. The number of benzene rings is 3. The summed E-state index contributed by atoms with van der Waals surface area (Å²) >= 11 is 6.04. The van der Waals surface area contributed by atoms with Crippen molar-refractivity contribution < 1.29 is 14.3 Å². The Hall–Kier alpha value is -3.31. The van der Waals surface area contributed by atoms with E-state index in [0.717, 1.165) is 5.56 Å². The van der Waals surface area contributed by atoms with E-state index >= 15 is 0 Å². The average molecular weight is 409 g/mol. The van der Waals surface area contributed by atoms with Gasteiger partial charge in [-0.15, -0.1) is 0 Å². The molecule has 0 aliphatic carbocycles. The predicted octanol–water partition coefficient (Wildman–Crippen LogP) is 4.89. The number of nitrogens with two attached hydrogens (primary N) is 1. The van der Waals surface area contributed by atoms with Gasteiger partial charge in [0.15, 0.2) is 0 Å². The van der Waals surface area contributed by atoms with Crippen LogP contribution in [-0.2, 0) is 6.54 Å². The molecule has 3 rings (SSSR count). The van der Waals surface area contributed by atoms with Crippen LogP contribution in [0.2, 0.25) is 5.02 Å². The first kappa shape index (κ1) is 20.4. The summed E-state index contributed by atoms with van der Waals surface area (Å²) in [5.74, 6) is 0.610. The Morgan fingerprint density at radius 3 is 2.03 bits per heavy atom. The molecule has 6 heteroatoms. The second-order valence-corrected chi connectivity index (χ2v) is 6.90. The van der Waals surface area contributed by atoms with E-state index in [1.165, 1.54) is 0 Å². The van der Waals surface area contributed by atoms with Crippen molar-refractivity contribution in [3.8, 4) is 11.5 Å². The number of rotatable bonds is 7. The Morgan fingerprint density at radius 1 is 0.931 bits per heavy atom. The molecule has 2 N–H and O–H groups in total. The highest BCUT2D eigenvalue weighted by molar-refractivity contribution is 6.30. The molecule has 0 aliphatic heterocycles. The summed E-state index contributed by atoms with van der Waals surface area (Å²) < 4.78 is 5.75. The summed E-state index contributed by atoms with van der Waals surface area (Å²) in [6.07, 6.45) is 0. The van der Waals surface area contributed by atoms with Crippen molar-refractivity contribution in [2.75, 3.05) is 6.54 Å². The third-order valence-corrected chi connectivity index (χ3v) is 4.64. The van der Waals surface area contributed by atoms with Crippen molar-refractivity contribution in [3.63, 3.8) is 0 Å². The molecule has 0 bridgehead atoms. The van der Waals surface area contributed by atoms with Crippen molar-refractivity contribution in [1.82, 2.24) is 4.90 Å². The zero-order valence-corrected chi connectivity index (χ0v) is 16.7. The van der Waals surface area contributed by atoms with Gasteiger partial charge < -0.3 is 15.4 Å². The lowest BCUT2D eigenvalue weighted by molar-refractivity contribution is 0.0752. The number of carbonyl (C=O) groups is 2. The third kappa shape index (κ3) is 5.36. The predicted molar refractivity (Wildman–Crippen MR) is 113 cm³/mol. The van der Waals surface area contributed by atoms with Crippen LogP contribution in [0.4, 0.5) is 0 Å². The van der Waals surface area contributed by atoms with E-state index in [2.05, 4.69) is 0 Å². The van der Waals surface area contributed by atoms with Crippen LogP contribution >= 0.6 is 11.6 Å². The number of hydrogen-bond acceptors (Lipinski definition) is 3. The molecule has 3 aromatic rings. The van der Waals surface area contributed by atoms with Crippen molar-refractivity contribution in [2.24, 2.45) is 5.73 Å². The summed E-state index contributed by atoms with van der Waals surface area (Å²) in [7, 11) is 0. The Balaban J connectivity index is 1.67. The Bertz CT molecular complexity index is 1000. The van der Waals surface area contributed by atoms with Gasteiger partial charge in [-0.25, -0.2) is 0 Å². The second-order valence-electron chi connectivity index (χ2n) is 6.46.